The summed E-state index contributed by atoms with van der Waals surface area (Å²) in [6, 6.07) is 11.4. The van der Waals surface area contributed by atoms with Gasteiger partial charge in [0.25, 0.3) is 0 Å². The van der Waals surface area contributed by atoms with Crippen molar-refractivity contribution >= 4 is 40.0 Å². The van der Waals surface area contributed by atoms with Crippen LogP contribution in [0.15, 0.2) is 51.0 Å². The molecule has 1 aromatic carbocycles. The quantitative estimate of drug-likeness (QED) is 0.637. The number of rotatable bonds is 7. The van der Waals surface area contributed by atoms with Gasteiger partial charge in [-0.05, 0) is 35.1 Å². The third-order valence-electron chi connectivity index (χ3n) is 3.83. The highest BCUT2D eigenvalue weighted by Crippen LogP contribution is 2.22. The maximum Gasteiger partial charge on any atom is 0.336 e. The van der Waals surface area contributed by atoms with Crippen LogP contribution in [-0.4, -0.2) is 11.7 Å². The van der Waals surface area contributed by atoms with Crippen molar-refractivity contribution in [3.63, 3.8) is 0 Å². The summed E-state index contributed by atoms with van der Waals surface area (Å²) >= 11 is 3.12. The number of aryl methyl sites for hydroxylation is 1. The summed E-state index contributed by atoms with van der Waals surface area (Å²) in [4.78, 5) is 24.9. The van der Waals surface area contributed by atoms with Gasteiger partial charge >= 0.3 is 5.63 Å². The molecule has 0 aliphatic carbocycles. The molecule has 130 valence electrons. The molecule has 0 spiro atoms. The Morgan fingerprint density at radius 2 is 2.16 bits per heavy atom. The minimum atomic E-state index is -0.349. The molecule has 0 aliphatic rings. The first kappa shape index (κ1) is 17.8. The lowest BCUT2D eigenvalue weighted by Crippen LogP contribution is -2.24. The molecule has 0 fully saturated rings. The van der Waals surface area contributed by atoms with Crippen molar-refractivity contribution in [3.05, 3.63) is 68.2 Å². The molecule has 2 aromatic heterocycles. The Morgan fingerprint density at radius 1 is 1.28 bits per heavy atom. The summed E-state index contributed by atoms with van der Waals surface area (Å²) in [5.41, 5.74) is 2.31. The molecule has 25 heavy (non-hydrogen) atoms. The molecule has 0 unspecified atom stereocenters. The molecule has 0 aliphatic heterocycles. The van der Waals surface area contributed by atoms with Crippen LogP contribution in [0.4, 0.5) is 0 Å². The summed E-state index contributed by atoms with van der Waals surface area (Å²) in [5, 5.41) is 5.83. The number of thioether (sulfide) groups is 1. The lowest BCUT2D eigenvalue weighted by molar-refractivity contribution is -0.118. The molecular formula is C19H19NO3S2. The third kappa shape index (κ3) is 4.74. The molecule has 2 heterocycles. The molecular weight excluding hydrogens is 354 g/mol. The number of fused-ring (bicyclic) bond motifs is 1. The highest BCUT2D eigenvalue weighted by atomic mass is 32.2. The molecule has 0 bridgehead atoms. The van der Waals surface area contributed by atoms with Gasteiger partial charge in [0.15, 0.2) is 0 Å². The van der Waals surface area contributed by atoms with Crippen molar-refractivity contribution in [1.29, 1.82) is 0 Å². The fourth-order valence-corrected chi connectivity index (χ4v) is 4.01. The molecule has 1 N–H and O–H groups in total. The number of hydrogen-bond acceptors (Lipinski definition) is 5. The van der Waals surface area contributed by atoms with Crippen molar-refractivity contribution in [2.75, 3.05) is 5.75 Å². The van der Waals surface area contributed by atoms with Crippen molar-refractivity contribution in [3.8, 4) is 0 Å². The zero-order valence-electron chi connectivity index (χ0n) is 13.9. The van der Waals surface area contributed by atoms with Crippen molar-refractivity contribution < 1.29 is 9.21 Å². The second kappa shape index (κ2) is 8.36. The minimum absolute atomic E-state index is 0.000981. The third-order valence-corrected chi connectivity index (χ3v) is 5.69. The Labute approximate surface area is 154 Å². The van der Waals surface area contributed by atoms with E-state index < -0.39 is 0 Å². The number of thiophene rings is 1. The Balaban J connectivity index is 1.61. The Morgan fingerprint density at radius 3 is 2.92 bits per heavy atom. The molecule has 0 saturated carbocycles. The average Bonchev–Trinajstić information content (AvgIpc) is 3.12. The fraction of sp³-hybridized carbons (Fsp3) is 0.263. The van der Waals surface area contributed by atoms with Gasteiger partial charge in [-0.3, -0.25) is 4.79 Å². The second-order valence-corrected chi connectivity index (χ2v) is 7.64. The zero-order valence-corrected chi connectivity index (χ0v) is 15.5. The topological polar surface area (TPSA) is 59.3 Å². The van der Waals surface area contributed by atoms with Gasteiger partial charge in [-0.15, -0.1) is 23.1 Å². The number of nitrogens with one attached hydrogen (secondary N) is 1. The van der Waals surface area contributed by atoms with E-state index in [1.54, 1.807) is 11.3 Å². The first-order valence-corrected chi connectivity index (χ1v) is 10.1. The van der Waals surface area contributed by atoms with E-state index in [2.05, 4.69) is 12.2 Å². The van der Waals surface area contributed by atoms with E-state index >= 15 is 0 Å². The second-order valence-electron chi connectivity index (χ2n) is 5.62. The SMILES string of the molecule is CCc1ccc2c(CSCC(=O)NCc3cccs3)cc(=O)oc2c1. The van der Waals surface area contributed by atoms with E-state index in [0.29, 0.717) is 23.6 Å². The molecule has 4 nitrogen and oxygen atoms in total. The van der Waals surface area contributed by atoms with E-state index in [4.69, 9.17) is 4.42 Å². The predicted octanol–water partition coefficient (Wildman–Crippen LogP) is 3.97. The maximum absolute atomic E-state index is 11.9. The van der Waals surface area contributed by atoms with Gasteiger partial charge in [0.1, 0.15) is 5.58 Å². The van der Waals surface area contributed by atoms with Crippen LogP contribution in [0.25, 0.3) is 11.0 Å². The Bertz CT molecular complexity index is 916. The van der Waals surface area contributed by atoms with Crippen molar-refractivity contribution in [1.82, 2.24) is 5.32 Å². The van der Waals surface area contributed by atoms with Gasteiger partial charge in [-0.25, -0.2) is 4.79 Å². The molecule has 3 aromatic rings. The molecule has 0 saturated heterocycles. The number of carbonyl (C=O) groups excluding carboxylic acids is 1. The standard InChI is InChI=1S/C19H19NO3S2/c1-2-13-5-6-16-14(9-19(22)23-17(16)8-13)11-24-12-18(21)20-10-15-4-3-7-25-15/h3-9H,2,10-12H2,1H3,(H,20,21). The molecule has 1 amide bonds. The molecule has 6 heteroatoms. The van der Waals surface area contributed by atoms with E-state index in [9.17, 15) is 9.59 Å². The molecule has 3 rings (SSSR count). The maximum atomic E-state index is 11.9. The van der Waals surface area contributed by atoms with Crippen LogP contribution in [0.3, 0.4) is 0 Å². The summed E-state index contributed by atoms with van der Waals surface area (Å²) in [5.74, 6) is 0.957. The van der Waals surface area contributed by atoms with E-state index in [0.717, 1.165) is 27.8 Å². The first-order valence-electron chi connectivity index (χ1n) is 8.08. The number of amides is 1. The van der Waals surface area contributed by atoms with Crippen LogP contribution in [0.5, 0.6) is 0 Å². The Hall–Kier alpha value is -2.05. The van der Waals surface area contributed by atoms with Gasteiger partial charge in [0, 0.05) is 22.1 Å². The van der Waals surface area contributed by atoms with Crippen LogP contribution < -0.4 is 10.9 Å². The van der Waals surface area contributed by atoms with Gasteiger partial charge in [0.05, 0.1) is 12.3 Å². The highest BCUT2D eigenvalue weighted by molar-refractivity contribution is 7.99. The lowest BCUT2D eigenvalue weighted by Gasteiger charge is -2.07. The first-order chi connectivity index (χ1) is 12.2. The average molecular weight is 373 g/mol. The summed E-state index contributed by atoms with van der Waals surface area (Å²) in [6.45, 7) is 2.63. The molecule has 0 atom stereocenters. The predicted molar refractivity (Wildman–Crippen MR) is 104 cm³/mol. The van der Waals surface area contributed by atoms with Crippen molar-refractivity contribution in [2.24, 2.45) is 0 Å². The largest absolute Gasteiger partial charge is 0.423 e. The van der Waals surface area contributed by atoms with Crippen LogP contribution in [0.1, 0.15) is 22.9 Å². The molecule has 0 radical (unpaired) electrons. The Kier molecular flexibility index (Phi) is 5.94. The monoisotopic (exact) mass is 373 g/mol. The summed E-state index contributed by atoms with van der Waals surface area (Å²) in [6.07, 6.45) is 0.892. The fourth-order valence-electron chi connectivity index (χ4n) is 2.52. The normalized spacial score (nSPS) is 10.9. The lowest BCUT2D eigenvalue weighted by atomic mass is 10.1. The van der Waals surface area contributed by atoms with Crippen molar-refractivity contribution in [2.45, 2.75) is 25.6 Å². The van der Waals surface area contributed by atoms with E-state index in [1.165, 1.54) is 17.8 Å². The minimum Gasteiger partial charge on any atom is -0.423 e. The van der Waals surface area contributed by atoms with Crippen LogP contribution in [-0.2, 0) is 23.5 Å². The van der Waals surface area contributed by atoms with E-state index in [-0.39, 0.29) is 11.5 Å². The van der Waals surface area contributed by atoms with Crippen LogP contribution in [0, 0.1) is 0 Å². The van der Waals surface area contributed by atoms with Gasteiger partial charge in [0.2, 0.25) is 5.91 Å². The number of benzene rings is 1. The van der Waals surface area contributed by atoms with Crippen LogP contribution in [0.2, 0.25) is 0 Å². The van der Waals surface area contributed by atoms with Crippen LogP contribution >= 0.6 is 23.1 Å². The summed E-state index contributed by atoms with van der Waals surface area (Å²) in [7, 11) is 0. The summed E-state index contributed by atoms with van der Waals surface area (Å²) < 4.78 is 5.31. The zero-order chi connectivity index (χ0) is 17.6. The number of hydrogen-bond donors (Lipinski definition) is 1. The highest BCUT2D eigenvalue weighted by Gasteiger charge is 2.08. The van der Waals surface area contributed by atoms with E-state index in [1.807, 2.05) is 35.7 Å². The smallest absolute Gasteiger partial charge is 0.336 e. The van der Waals surface area contributed by atoms with Gasteiger partial charge in [-0.1, -0.05) is 25.1 Å². The number of carbonyl (C=O) groups is 1. The van der Waals surface area contributed by atoms with Gasteiger partial charge in [-0.2, -0.15) is 0 Å². The van der Waals surface area contributed by atoms with Gasteiger partial charge < -0.3 is 9.73 Å².